The minimum absolute atomic E-state index is 0. The Labute approximate surface area is 144 Å². The molecule has 1 amide bonds. The van der Waals surface area contributed by atoms with Crippen molar-refractivity contribution in [3.63, 3.8) is 0 Å². The van der Waals surface area contributed by atoms with E-state index in [0.29, 0.717) is 24.9 Å². The molecule has 4 heteroatoms. The first-order valence-corrected chi connectivity index (χ1v) is 6.94. The zero-order valence-corrected chi connectivity index (χ0v) is 13.2. The maximum Gasteiger partial charge on any atom is 0.241 e. The van der Waals surface area contributed by atoms with Crippen LogP contribution in [0, 0.1) is 13.8 Å². The first kappa shape index (κ1) is 9.86. The summed E-state index contributed by atoms with van der Waals surface area (Å²) >= 11 is 0. The molecule has 1 aliphatic rings. The van der Waals surface area contributed by atoms with Gasteiger partial charge in [0.15, 0.2) is 0 Å². The van der Waals surface area contributed by atoms with Crippen LogP contribution in [0.4, 0.5) is 5.69 Å². The Hall–Kier alpha value is -1.06. The predicted molar refractivity (Wildman–Crippen MR) is 91.3 cm³/mol. The van der Waals surface area contributed by atoms with Gasteiger partial charge in [-0.05, 0) is 57.2 Å². The molecule has 1 atom stereocenters. The van der Waals surface area contributed by atoms with Gasteiger partial charge in [-0.25, -0.2) is 0 Å². The Balaban J connectivity index is 0.00000392. The number of likely N-dealkylation sites (tertiary alicyclic amines) is 1. The largest absolute Gasteiger partial charge is 0.324 e. The van der Waals surface area contributed by atoms with Gasteiger partial charge in [-0.2, -0.15) is 0 Å². The van der Waals surface area contributed by atoms with Gasteiger partial charge >= 0.3 is 0 Å². The summed E-state index contributed by atoms with van der Waals surface area (Å²) in [7, 11) is 0. The quantitative estimate of drug-likeness (QED) is 0.912. The summed E-state index contributed by atoms with van der Waals surface area (Å²) < 4.78 is 54.5. The molecule has 1 saturated heterocycles. The highest BCUT2D eigenvalue weighted by atomic mass is 35.5. The molecule has 118 valence electrons. The highest BCUT2D eigenvalue weighted by molar-refractivity contribution is 5.96. The molecule has 1 fully saturated rings. The van der Waals surface area contributed by atoms with Crippen LogP contribution in [0.15, 0.2) is 18.2 Å². The summed E-state index contributed by atoms with van der Waals surface area (Å²) in [5, 5.41) is 2.83. The smallest absolute Gasteiger partial charge is 0.241 e. The fraction of sp³-hybridized carbons (Fsp3) is 0.588. The molecule has 2 rings (SSSR count). The molecule has 0 bridgehead atoms. The Morgan fingerprint density at radius 1 is 1.43 bits per heavy atom. The SMILES string of the molecule is Cl.[2H]C([2H])([2H])C([2H])([2H])C([2H])([2H])N1CCCCC1C(=O)Nc1c(C)cccc1C. The van der Waals surface area contributed by atoms with Crippen molar-refractivity contribution in [1.29, 1.82) is 0 Å². The number of carbonyl (C=O) groups excluding carboxylic acids is 1. The van der Waals surface area contributed by atoms with E-state index < -0.39 is 31.7 Å². The van der Waals surface area contributed by atoms with Crippen molar-refractivity contribution in [3.05, 3.63) is 29.3 Å². The minimum atomic E-state index is -3.15. The second-order valence-electron chi connectivity index (χ2n) is 5.20. The molecule has 1 N–H and O–H groups in total. The Bertz CT molecular complexity index is 689. The first-order valence-electron chi connectivity index (χ1n) is 10.4. The number of halogens is 1. The molecule has 0 saturated carbocycles. The number of anilines is 1. The van der Waals surface area contributed by atoms with Crippen LogP contribution >= 0.6 is 12.4 Å². The Morgan fingerprint density at radius 3 is 2.81 bits per heavy atom. The van der Waals surface area contributed by atoms with E-state index in [0.717, 1.165) is 16.0 Å². The second kappa shape index (κ2) is 8.40. The summed E-state index contributed by atoms with van der Waals surface area (Å²) in [6.07, 6.45) is -1.51. The Morgan fingerprint density at radius 2 is 2.14 bits per heavy atom. The third kappa shape index (κ3) is 4.45. The molecule has 1 aromatic rings. The minimum Gasteiger partial charge on any atom is -0.324 e. The van der Waals surface area contributed by atoms with Crippen LogP contribution in [0.1, 0.15) is 53.2 Å². The molecule has 0 radical (unpaired) electrons. The zero-order chi connectivity index (χ0) is 20.6. The lowest BCUT2D eigenvalue weighted by molar-refractivity contribution is -0.122. The van der Waals surface area contributed by atoms with Crippen LogP contribution in [0.5, 0.6) is 0 Å². The Kier molecular flexibility index (Phi) is 3.94. The number of benzene rings is 1. The zero-order valence-electron chi connectivity index (χ0n) is 19.4. The van der Waals surface area contributed by atoms with Gasteiger partial charge in [0.1, 0.15) is 0 Å². The number of hydrogen-bond acceptors (Lipinski definition) is 2. The third-order valence-electron chi connectivity index (χ3n) is 3.73. The normalized spacial score (nSPS) is 25.8. The van der Waals surface area contributed by atoms with Gasteiger partial charge < -0.3 is 5.32 Å². The topological polar surface area (TPSA) is 32.3 Å². The maximum absolute atomic E-state index is 12.9. The average molecular weight is 318 g/mol. The molecule has 1 aliphatic heterocycles. The van der Waals surface area contributed by atoms with Crippen LogP contribution in [-0.2, 0) is 4.79 Å². The average Bonchev–Trinajstić information content (AvgIpc) is 2.57. The van der Waals surface area contributed by atoms with Gasteiger partial charge in [-0.15, -0.1) is 12.4 Å². The van der Waals surface area contributed by atoms with Crippen LogP contribution in [0.2, 0.25) is 0 Å². The summed E-state index contributed by atoms with van der Waals surface area (Å²) in [6.45, 7) is -2.14. The highest BCUT2D eigenvalue weighted by Gasteiger charge is 2.28. The molecule has 21 heavy (non-hydrogen) atoms. The molecule has 1 heterocycles. The molecule has 0 aromatic heterocycles. The van der Waals surface area contributed by atoms with Gasteiger partial charge in [0.25, 0.3) is 0 Å². The van der Waals surface area contributed by atoms with Gasteiger partial charge in [0, 0.05) is 15.3 Å². The molecule has 0 spiro atoms. The van der Waals surface area contributed by atoms with Gasteiger partial charge in [-0.3, -0.25) is 9.69 Å². The van der Waals surface area contributed by atoms with Crippen molar-refractivity contribution < 1.29 is 14.4 Å². The van der Waals surface area contributed by atoms with Crippen molar-refractivity contribution in [2.75, 3.05) is 18.4 Å². The van der Waals surface area contributed by atoms with Crippen LogP contribution in [0.25, 0.3) is 0 Å². The van der Waals surface area contributed by atoms with Gasteiger partial charge in [0.2, 0.25) is 5.91 Å². The number of rotatable bonds is 4. The van der Waals surface area contributed by atoms with Crippen molar-refractivity contribution in [2.24, 2.45) is 0 Å². The number of nitrogens with one attached hydrogen (secondary N) is 1. The highest BCUT2D eigenvalue weighted by Crippen LogP contribution is 2.23. The van der Waals surface area contributed by atoms with E-state index in [9.17, 15) is 4.79 Å². The van der Waals surface area contributed by atoms with E-state index in [1.54, 1.807) is 0 Å². The fourth-order valence-corrected chi connectivity index (χ4v) is 2.63. The third-order valence-corrected chi connectivity index (χ3v) is 3.73. The molecule has 0 aliphatic carbocycles. The fourth-order valence-electron chi connectivity index (χ4n) is 2.63. The summed E-state index contributed by atoms with van der Waals surface area (Å²) in [4.78, 5) is 14.0. The molecule has 3 nitrogen and oxygen atoms in total. The molecular weight excluding hydrogens is 284 g/mol. The molecule has 1 aromatic carbocycles. The number of amides is 1. The van der Waals surface area contributed by atoms with E-state index >= 15 is 0 Å². The van der Waals surface area contributed by atoms with E-state index in [4.69, 9.17) is 9.60 Å². The van der Waals surface area contributed by atoms with E-state index in [1.165, 1.54) is 0 Å². The van der Waals surface area contributed by atoms with Crippen molar-refractivity contribution in [1.82, 2.24) is 4.90 Å². The second-order valence-corrected chi connectivity index (χ2v) is 5.20. The predicted octanol–water partition coefficient (Wildman–Crippen LogP) is 3.93. The number of aryl methyl sites for hydroxylation is 2. The van der Waals surface area contributed by atoms with Gasteiger partial charge in [-0.1, -0.05) is 31.5 Å². The van der Waals surface area contributed by atoms with Crippen LogP contribution < -0.4 is 5.32 Å². The lowest BCUT2D eigenvalue weighted by Crippen LogP contribution is -2.47. The number of piperidine rings is 1. The summed E-state index contributed by atoms with van der Waals surface area (Å²) in [6, 6.07) is 4.64. The summed E-state index contributed by atoms with van der Waals surface area (Å²) in [5.41, 5.74) is 2.38. The maximum atomic E-state index is 12.9. The lowest BCUT2D eigenvalue weighted by atomic mass is 10.0. The monoisotopic (exact) mass is 317 g/mol. The number of para-hydroxylation sites is 1. The van der Waals surface area contributed by atoms with Crippen LogP contribution in [0.3, 0.4) is 0 Å². The van der Waals surface area contributed by atoms with Gasteiger partial charge in [0.05, 0.1) is 6.04 Å². The van der Waals surface area contributed by atoms with E-state index in [1.807, 2.05) is 32.0 Å². The number of nitrogens with zero attached hydrogens (tertiary/aromatic N) is 1. The molecule has 1 unspecified atom stereocenters. The van der Waals surface area contributed by atoms with Crippen LogP contribution in [-0.4, -0.2) is 29.9 Å². The lowest BCUT2D eigenvalue weighted by Gasteiger charge is -2.34. The van der Waals surface area contributed by atoms with E-state index in [2.05, 4.69) is 5.32 Å². The first-order chi connectivity index (χ1) is 12.3. The summed E-state index contributed by atoms with van der Waals surface area (Å²) in [5.74, 6) is -0.447. The van der Waals surface area contributed by atoms with E-state index in [-0.39, 0.29) is 19.0 Å². The molecular formula is C17H27ClN2O. The van der Waals surface area contributed by atoms with Crippen molar-refractivity contribution >= 4 is 24.0 Å². The van der Waals surface area contributed by atoms with Crippen molar-refractivity contribution in [2.45, 2.75) is 52.4 Å². The standard InChI is InChI=1S/C17H26N2O.ClH/c1-4-11-19-12-6-5-10-15(19)17(20)18-16-13(2)8-7-9-14(16)3;/h7-9,15H,4-6,10-12H2,1-3H3,(H,18,20);1H/i1D3,4D2,11D2;. The van der Waals surface area contributed by atoms with Crippen molar-refractivity contribution in [3.8, 4) is 0 Å². The number of hydrogen-bond donors (Lipinski definition) is 1. The number of carbonyl (C=O) groups is 1.